The molecule has 3 aromatic rings. The number of nitrogens with zero attached hydrogens (tertiary/aromatic N) is 2. The van der Waals surface area contributed by atoms with Crippen molar-refractivity contribution in [2.24, 2.45) is 0 Å². The Morgan fingerprint density at radius 2 is 1.77 bits per heavy atom. The Hall–Kier alpha value is -2.69. The zero-order valence-electron chi connectivity index (χ0n) is 12.5. The van der Waals surface area contributed by atoms with Crippen LogP contribution in [0, 0.1) is 10.1 Å². The number of carbonyl (C=O) groups excluding carboxylic acids is 1. The molecule has 0 aliphatic carbocycles. The molecule has 5 heteroatoms. The number of Topliss-reactive ketones (excluding diaryl/α,β-unsaturated/α-hetero) is 1. The average Bonchev–Trinajstić information content (AvgIpc) is 2.81. The van der Waals surface area contributed by atoms with Gasteiger partial charge in [0.25, 0.3) is 5.69 Å². The van der Waals surface area contributed by atoms with Gasteiger partial charge >= 0.3 is 0 Å². The molecule has 22 heavy (non-hydrogen) atoms. The van der Waals surface area contributed by atoms with Crippen LogP contribution in [0.3, 0.4) is 0 Å². The first-order valence-electron chi connectivity index (χ1n) is 7.24. The number of rotatable bonds is 4. The second kappa shape index (κ2) is 5.26. The van der Waals surface area contributed by atoms with Gasteiger partial charge in [-0.2, -0.15) is 0 Å². The first-order chi connectivity index (χ1) is 10.5. The van der Waals surface area contributed by atoms with Gasteiger partial charge in [0.1, 0.15) is 0 Å². The van der Waals surface area contributed by atoms with Gasteiger partial charge in [0.15, 0.2) is 5.78 Å². The topological polar surface area (TPSA) is 65.1 Å². The fraction of sp³-hybridized carbons (Fsp3) is 0.235. The normalized spacial score (nSPS) is 11.2. The Bertz CT molecular complexity index is 838. The lowest BCUT2D eigenvalue weighted by atomic mass is 10.1. The highest BCUT2D eigenvalue weighted by molar-refractivity contribution is 6.11. The molecule has 0 unspecified atom stereocenters. The van der Waals surface area contributed by atoms with Gasteiger partial charge in [-0.1, -0.05) is 6.92 Å². The number of hydrogen-bond acceptors (Lipinski definition) is 3. The lowest BCUT2D eigenvalue weighted by molar-refractivity contribution is -0.384. The molecule has 0 N–H and O–H groups in total. The maximum Gasteiger partial charge on any atom is 0.270 e. The van der Waals surface area contributed by atoms with Crippen LogP contribution in [0.4, 0.5) is 5.69 Å². The van der Waals surface area contributed by atoms with Crippen LogP contribution in [-0.2, 0) is 6.54 Å². The van der Waals surface area contributed by atoms with E-state index in [1.54, 1.807) is 12.1 Å². The standard InChI is InChI=1S/C17H16N2O3/c1-3-8-18-16-6-4-12(11(2)20)9-14(16)15-10-13(19(21)22)5-7-17(15)18/h4-7,9-10H,3,8H2,1-2H3. The lowest BCUT2D eigenvalue weighted by Crippen LogP contribution is -1.96. The number of aryl methyl sites for hydroxylation is 1. The monoisotopic (exact) mass is 296 g/mol. The van der Waals surface area contributed by atoms with Crippen molar-refractivity contribution in [3.05, 3.63) is 52.1 Å². The summed E-state index contributed by atoms with van der Waals surface area (Å²) in [5.41, 5.74) is 2.65. The van der Waals surface area contributed by atoms with Crippen LogP contribution in [0.25, 0.3) is 21.8 Å². The first kappa shape index (κ1) is 14.3. The minimum Gasteiger partial charge on any atom is -0.340 e. The minimum atomic E-state index is -0.392. The molecule has 0 fully saturated rings. The molecule has 0 aliphatic rings. The van der Waals surface area contributed by atoms with E-state index < -0.39 is 4.92 Å². The summed E-state index contributed by atoms with van der Waals surface area (Å²) < 4.78 is 2.15. The Labute approximate surface area is 127 Å². The summed E-state index contributed by atoms with van der Waals surface area (Å²) in [6.45, 7) is 4.44. The third-order valence-electron chi connectivity index (χ3n) is 3.91. The smallest absolute Gasteiger partial charge is 0.270 e. The molecule has 0 radical (unpaired) electrons. The van der Waals surface area contributed by atoms with Gasteiger partial charge in [-0.25, -0.2) is 0 Å². The van der Waals surface area contributed by atoms with E-state index in [1.165, 1.54) is 13.0 Å². The van der Waals surface area contributed by atoms with Gasteiger partial charge in [-0.05, 0) is 37.6 Å². The van der Waals surface area contributed by atoms with Gasteiger partial charge in [-0.15, -0.1) is 0 Å². The zero-order valence-corrected chi connectivity index (χ0v) is 12.5. The Balaban J connectivity index is 2.41. The predicted octanol–water partition coefficient (Wildman–Crippen LogP) is 4.32. The van der Waals surface area contributed by atoms with Crippen LogP contribution in [0.1, 0.15) is 30.6 Å². The van der Waals surface area contributed by atoms with E-state index in [0.717, 1.165) is 34.8 Å². The maximum atomic E-state index is 11.6. The molecular formula is C17H16N2O3. The Morgan fingerprint density at radius 1 is 1.14 bits per heavy atom. The highest BCUT2D eigenvalue weighted by Crippen LogP contribution is 2.32. The van der Waals surface area contributed by atoms with Crippen molar-refractivity contribution < 1.29 is 9.72 Å². The average molecular weight is 296 g/mol. The van der Waals surface area contributed by atoms with E-state index in [1.807, 2.05) is 18.2 Å². The van der Waals surface area contributed by atoms with Crippen LogP contribution in [0.5, 0.6) is 0 Å². The fourth-order valence-corrected chi connectivity index (χ4v) is 2.89. The van der Waals surface area contributed by atoms with Crippen molar-refractivity contribution in [3.8, 4) is 0 Å². The number of hydrogen-bond donors (Lipinski definition) is 0. The van der Waals surface area contributed by atoms with E-state index in [0.29, 0.717) is 5.56 Å². The SMILES string of the molecule is CCCn1c2ccc(C(C)=O)cc2c2cc([N+](=O)[O-])ccc21. The van der Waals surface area contributed by atoms with Crippen LogP contribution >= 0.6 is 0 Å². The molecule has 1 heterocycles. The summed E-state index contributed by atoms with van der Waals surface area (Å²) in [6, 6.07) is 10.5. The van der Waals surface area contributed by atoms with Crippen molar-refractivity contribution in [1.29, 1.82) is 0 Å². The number of nitro benzene ring substituents is 1. The van der Waals surface area contributed by atoms with Crippen molar-refractivity contribution in [3.63, 3.8) is 0 Å². The quantitative estimate of drug-likeness (QED) is 0.409. The van der Waals surface area contributed by atoms with Crippen LogP contribution in [0.15, 0.2) is 36.4 Å². The van der Waals surface area contributed by atoms with Crippen molar-refractivity contribution in [2.75, 3.05) is 0 Å². The molecular weight excluding hydrogens is 280 g/mol. The molecule has 112 valence electrons. The third-order valence-corrected chi connectivity index (χ3v) is 3.91. The molecule has 3 rings (SSSR count). The van der Waals surface area contributed by atoms with Crippen LogP contribution in [0.2, 0.25) is 0 Å². The lowest BCUT2D eigenvalue weighted by Gasteiger charge is -2.05. The highest BCUT2D eigenvalue weighted by atomic mass is 16.6. The molecule has 0 atom stereocenters. The first-order valence-corrected chi connectivity index (χ1v) is 7.24. The van der Waals surface area contributed by atoms with Gasteiger partial charge in [0.05, 0.1) is 4.92 Å². The molecule has 0 spiro atoms. The molecule has 0 bridgehead atoms. The van der Waals surface area contributed by atoms with E-state index in [4.69, 9.17) is 0 Å². The molecule has 0 amide bonds. The van der Waals surface area contributed by atoms with Crippen LogP contribution < -0.4 is 0 Å². The van der Waals surface area contributed by atoms with Gasteiger partial charge in [0.2, 0.25) is 0 Å². The molecule has 2 aromatic carbocycles. The van der Waals surface area contributed by atoms with Crippen molar-refractivity contribution in [2.45, 2.75) is 26.8 Å². The zero-order chi connectivity index (χ0) is 15.9. The number of ketones is 1. The number of non-ortho nitro benzene ring substituents is 1. The van der Waals surface area contributed by atoms with E-state index >= 15 is 0 Å². The van der Waals surface area contributed by atoms with E-state index in [2.05, 4.69) is 11.5 Å². The fourth-order valence-electron chi connectivity index (χ4n) is 2.89. The molecule has 0 saturated carbocycles. The summed E-state index contributed by atoms with van der Waals surface area (Å²) in [5.74, 6) is -0.0104. The predicted molar refractivity (Wildman–Crippen MR) is 86.4 cm³/mol. The number of benzene rings is 2. The van der Waals surface area contributed by atoms with Gasteiger partial charge < -0.3 is 4.57 Å². The second-order valence-electron chi connectivity index (χ2n) is 5.40. The molecule has 5 nitrogen and oxygen atoms in total. The summed E-state index contributed by atoms with van der Waals surface area (Å²) in [6.07, 6.45) is 0.963. The summed E-state index contributed by atoms with van der Waals surface area (Å²) in [7, 11) is 0. The highest BCUT2D eigenvalue weighted by Gasteiger charge is 2.15. The van der Waals surface area contributed by atoms with E-state index in [9.17, 15) is 14.9 Å². The maximum absolute atomic E-state index is 11.6. The Kier molecular flexibility index (Phi) is 3.41. The summed E-state index contributed by atoms with van der Waals surface area (Å²) in [4.78, 5) is 22.3. The third kappa shape index (κ3) is 2.15. The number of aromatic nitrogens is 1. The Morgan fingerprint density at radius 3 is 2.36 bits per heavy atom. The summed E-state index contributed by atoms with van der Waals surface area (Å²) in [5, 5.41) is 12.7. The van der Waals surface area contributed by atoms with Crippen molar-refractivity contribution >= 4 is 33.3 Å². The van der Waals surface area contributed by atoms with E-state index in [-0.39, 0.29) is 11.5 Å². The van der Waals surface area contributed by atoms with Crippen LogP contribution in [-0.4, -0.2) is 15.3 Å². The molecule has 0 aliphatic heterocycles. The molecule has 1 aromatic heterocycles. The van der Waals surface area contributed by atoms with Crippen molar-refractivity contribution in [1.82, 2.24) is 4.57 Å². The summed E-state index contributed by atoms with van der Waals surface area (Å²) >= 11 is 0. The largest absolute Gasteiger partial charge is 0.340 e. The molecule has 0 saturated heterocycles. The minimum absolute atomic E-state index is 0.0104. The van der Waals surface area contributed by atoms with Gasteiger partial charge in [0, 0.05) is 46.0 Å². The second-order valence-corrected chi connectivity index (χ2v) is 5.40. The number of carbonyl (C=O) groups is 1. The number of fused-ring (bicyclic) bond motifs is 3. The number of nitro groups is 1. The van der Waals surface area contributed by atoms with Gasteiger partial charge in [-0.3, -0.25) is 14.9 Å².